The van der Waals surface area contributed by atoms with Crippen LogP contribution >= 0.6 is 0 Å². The van der Waals surface area contributed by atoms with Crippen molar-refractivity contribution in [2.75, 3.05) is 14.2 Å². The van der Waals surface area contributed by atoms with Gasteiger partial charge in [0.25, 0.3) is 0 Å². The Bertz CT molecular complexity index is 1630. The van der Waals surface area contributed by atoms with Gasteiger partial charge in [0.05, 0.1) is 38.9 Å². The molecule has 0 aromatic heterocycles. The lowest BCUT2D eigenvalue weighted by molar-refractivity contribution is -0.141. The summed E-state index contributed by atoms with van der Waals surface area (Å²) in [6, 6.07) is 21.3. The molecule has 3 aromatic rings. The van der Waals surface area contributed by atoms with E-state index >= 15 is 0 Å². The van der Waals surface area contributed by atoms with E-state index in [4.69, 9.17) is 14.6 Å². The number of fused-ring (bicyclic) bond motifs is 1. The fourth-order valence-electron chi connectivity index (χ4n) is 5.75. The molecule has 0 saturated carbocycles. The van der Waals surface area contributed by atoms with Crippen LogP contribution in [0.3, 0.4) is 0 Å². The molecule has 0 spiro atoms. The molecule has 0 radical (unpaired) electrons. The highest BCUT2D eigenvalue weighted by atomic mass is 16.5. The highest BCUT2D eigenvalue weighted by Gasteiger charge is 2.36. The Hall–Kier alpha value is -4.68. The van der Waals surface area contributed by atoms with E-state index < -0.39 is 0 Å². The van der Waals surface area contributed by atoms with Crippen molar-refractivity contribution in [3.8, 4) is 35.2 Å². The molecule has 2 atom stereocenters. The average molecular weight is 637 g/mol. The molecule has 6 nitrogen and oxygen atoms in total. The second-order valence-corrected chi connectivity index (χ2v) is 13.1. The van der Waals surface area contributed by atoms with E-state index in [-0.39, 0.29) is 53.2 Å². The van der Waals surface area contributed by atoms with E-state index in [1.54, 1.807) is 38.1 Å². The van der Waals surface area contributed by atoms with Crippen LogP contribution in [-0.2, 0) is 36.5 Å². The zero-order valence-corrected chi connectivity index (χ0v) is 29.0. The number of ether oxygens (including phenoxy) is 3. The van der Waals surface area contributed by atoms with E-state index in [0.29, 0.717) is 6.61 Å². The number of aromatic hydroxyl groups is 1. The van der Waals surface area contributed by atoms with E-state index in [0.717, 1.165) is 16.9 Å². The molecular weight excluding hydrogens is 588 g/mol. The number of carbonyl (C=O) groups is 2. The highest BCUT2D eigenvalue weighted by molar-refractivity contribution is 5.71. The summed E-state index contributed by atoms with van der Waals surface area (Å²) in [5.41, 5.74) is 6.41. The maximum atomic E-state index is 11.7. The van der Waals surface area contributed by atoms with Crippen LogP contribution in [0.4, 0.5) is 0 Å². The summed E-state index contributed by atoms with van der Waals surface area (Å²) in [5, 5.41) is 9.17. The largest absolute Gasteiger partial charge is 0.508 e. The van der Waals surface area contributed by atoms with Gasteiger partial charge in [0, 0.05) is 0 Å². The Morgan fingerprint density at radius 2 is 1.19 bits per heavy atom. The first-order valence-electron chi connectivity index (χ1n) is 16.0. The molecule has 3 aromatic carbocycles. The van der Waals surface area contributed by atoms with Crippen LogP contribution in [0.5, 0.6) is 11.5 Å². The van der Waals surface area contributed by atoms with Gasteiger partial charge in [-0.05, 0) is 89.6 Å². The minimum absolute atomic E-state index is 0.169. The Morgan fingerprint density at radius 3 is 1.66 bits per heavy atom. The highest BCUT2D eigenvalue weighted by Crippen LogP contribution is 2.46. The molecule has 1 N–H and O–H groups in total. The minimum Gasteiger partial charge on any atom is -0.508 e. The second-order valence-electron chi connectivity index (χ2n) is 13.1. The van der Waals surface area contributed by atoms with Crippen molar-refractivity contribution >= 4 is 11.9 Å². The Kier molecular flexibility index (Phi) is 13.1. The standard InChI is InChI=1S/C28H34O3.C13H14O3/c1-7-8-22(18-26(29)30-6)21-10-12-23(13-11-21)31-19-20-9-14-24-25(17-20)28(4,5)16-15-27(24,2)3;1-3-4-11(9-13(15)16-2)10-5-7-12(14)8-6-10/h9-14,17,22H,15-16,18-19H2,1-6H3;5-8,11,14H,9H2,1-2H3/t22-;11-/m00/s1. The average Bonchev–Trinajstić information content (AvgIpc) is 3.06. The maximum absolute atomic E-state index is 11.7. The summed E-state index contributed by atoms with van der Waals surface area (Å²) >= 11 is 0. The minimum atomic E-state index is -0.291. The molecule has 0 bridgehead atoms. The first-order chi connectivity index (χ1) is 22.3. The summed E-state index contributed by atoms with van der Waals surface area (Å²) in [5.74, 6) is 11.8. The van der Waals surface area contributed by atoms with Crippen LogP contribution in [0.2, 0.25) is 0 Å². The van der Waals surface area contributed by atoms with Gasteiger partial charge in [-0.3, -0.25) is 9.59 Å². The Morgan fingerprint density at radius 1 is 0.723 bits per heavy atom. The summed E-state index contributed by atoms with van der Waals surface area (Å²) in [4.78, 5) is 22.9. The fourth-order valence-corrected chi connectivity index (χ4v) is 5.75. The van der Waals surface area contributed by atoms with Crippen molar-refractivity contribution < 1.29 is 28.9 Å². The number of benzene rings is 3. The quantitative estimate of drug-likeness (QED) is 0.188. The first kappa shape index (κ1) is 36.8. The third kappa shape index (κ3) is 10.4. The van der Waals surface area contributed by atoms with Crippen molar-refractivity contribution in [3.05, 3.63) is 94.5 Å². The van der Waals surface area contributed by atoms with Crippen LogP contribution in [0.25, 0.3) is 0 Å². The molecule has 0 saturated heterocycles. The summed E-state index contributed by atoms with van der Waals surface area (Å²) < 4.78 is 15.5. The van der Waals surface area contributed by atoms with Crippen molar-refractivity contribution in [2.45, 2.75) is 96.5 Å². The van der Waals surface area contributed by atoms with E-state index in [1.807, 2.05) is 24.3 Å². The van der Waals surface area contributed by atoms with E-state index in [9.17, 15) is 9.59 Å². The number of carbonyl (C=O) groups excluding carboxylic acids is 2. The second kappa shape index (κ2) is 16.8. The maximum Gasteiger partial charge on any atom is 0.307 e. The molecular formula is C41H48O6. The molecule has 0 amide bonds. The lowest BCUT2D eigenvalue weighted by atomic mass is 9.63. The number of hydrogen-bond donors (Lipinski definition) is 1. The number of rotatable bonds is 9. The predicted molar refractivity (Wildman–Crippen MR) is 186 cm³/mol. The number of phenols is 1. The summed E-state index contributed by atoms with van der Waals surface area (Å²) in [7, 11) is 2.76. The van der Waals surface area contributed by atoms with Crippen LogP contribution in [0.1, 0.15) is 107 Å². The topological polar surface area (TPSA) is 82.1 Å². The van der Waals surface area contributed by atoms with Gasteiger partial charge in [-0.25, -0.2) is 0 Å². The molecule has 1 aliphatic rings. The lowest BCUT2D eigenvalue weighted by Crippen LogP contribution is -2.33. The summed E-state index contributed by atoms with van der Waals surface area (Å²) in [6.45, 7) is 13.4. The van der Waals surface area contributed by atoms with Gasteiger partial charge in [0.2, 0.25) is 0 Å². The van der Waals surface area contributed by atoms with Crippen molar-refractivity contribution in [2.24, 2.45) is 0 Å². The first-order valence-corrected chi connectivity index (χ1v) is 16.0. The predicted octanol–water partition coefficient (Wildman–Crippen LogP) is 8.35. The number of phenolic OH excluding ortho intramolecular Hbond substituents is 1. The molecule has 0 heterocycles. The van der Waals surface area contributed by atoms with Crippen molar-refractivity contribution in [3.63, 3.8) is 0 Å². The van der Waals surface area contributed by atoms with Gasteiger partial charge in [-0.2, -0.15) is 0 Å². The van der Waals surface area contributed by atoms with Gasteiger partial charge in [-0.15, -0.1) is 11.8 Å². The lowest BCUT2D eigenvalue weighted by Gasteiger charge is -2.42. The van der Waals surface area contributed by atoms with Crippen molar-refractivity contribution in [1.82, 2.24) is 0 Å². The molecule has 0 aliphatic heterocycles. The third-order valence-corrected chi connectivity index (χ3v) is 8.73. The van der Waals surface area contributed by atoms with Crippen LogP contribution < -0.4 is 4.74 Å². The molecule has 1 aliphatic carbocycles. The summed E-state index contributed by atoms with van der Waals surface area (Å²) in [6.07, 6.45) is 2.89. The number of methoxy groups -OCH3 is 2. The fraction of sp³-hybridized carbons (Fsp3) is 0.415. The molecule has 0 unspecified atom stereocenters. The third-order valence-electron chi connectivity index (χ3n) is 8.73. The Labute approximate surface area is 280 Å². The molecule has 0 fully saturated rings. The van der Waals surface area contributed by atoms with Crippen LogP contribution in [0.15, 0.2) is 66.7 Å². The Balaban J connectivity index is 0.000000316. The van der Waals surface area contributed by atoms with Crippen molar-refractivity contribution in [1.29, 1.82) is 0 Å². The normalized spacial score (nSPS) is 15.0. The van der Waals surface area contributed by atoms with Gasteiger partial charge < -0.3 is 19.3 Å². The molecule has 6 heteroatoms. The van der Waals surface area contributed by atoms with E-state index in [1.165, 1.54) is 43.8 Å². The molecule has 4 rings (SSSR count). The van der Waals surface area contributed by atoms with Gasteiger partial charge in [-0.1, -0.05) is 82.0 Å². The van der Waals surface area contributed by atoms with Crippen LogP contribution in [0, 0.1) is 23.7 Å². The molecule has 248 valence electrons. The number of hydrogen-bond acceptors (Lipinski definition) is 6. The van der Waals surface area contributed by atoms with Gasteiger partial charge >= 0.3 is 11.9 Å². The monoisotopic (exact) mass is 636 g/mol. The SMILES string of the molecule is CC#C[C@@H](CC(=O)OC)c1ccc(O)cc1.CC#C[C@@H](CC(=O)OC)c1ccc(OCc2ccc3c(c2)C(C)(C)CCC3(C)C)cc1. The van der Waals surface area contributed by atoms with E-state index in [2.05, 4.69) is 74.3 Å². The molecule has 47 heavy (non-hydrogen) atoms. The van der Waals surface area contributed by atoms with Gasteiger partial charge in [0.15, 0.2) is 0 Å². The zero-order chi connectivity index (χ0) is 34.6. The van der Waals surface area contributed by atoms with Gasteiger partial charge in [0.1, 0.15) is 18.1 Å². The van der Waals surface area contributed by atoms with Crippen LogP contribution in [-0.4, -0.2) is 31.3 Å². The number of esters is 2. The zero-order valence-electron chi connectivity index (χ0n) is 29.0. The smallest absolute Gasteiger partial charge is 0.307 e.